The maximum absolute atomic E-state index is 13.6. The van der Waals surface area contributed by atoms with Crippen molar-refractivity contribution in [1.82, 2.24) is 4.98 Å². The molecule has 6 rings (SSSR count). The number of quaternary nitrogens is 1. The van der Waals surface area contributed by atoms with E-state index < -0.39 is 35.6 Å². The fourth-order valence-corrected chi connectivity index (χ4v) is 6.59. The predicted molar refractivity (Wildman–Crippen MR) is 134 cm³/mol. The lowest BCUT2D eigenvalue weighted by Gasteiger charge is -2.58. The first kappa shape index (κ1) is 30.3. The van der Waals surface area contributed by atoms with E-state index in [1.807, 2.05) is 6.08 Å². The summed E-state index contributed by atoms with van der Waals surface area (Å²) >= 11 is 0. The van der Waals surface area contributed by atoms with E-state index in [-0.39, 0.29) is 51.5 Å². The van der Waals surface area contributed by atoms with Gasteiger partial charge < -0.3 is 31.3 Å². The molecule has 4 nitrogen and oxygen atoms in total. The van der Waals surface area contributed by atoms with Crippen LogP contribution in [0.3, 0.4) is 0 Å². The minimum absolute atomic E-state index is 0. The van der Waals surface area contributed by atoms with Gasteiger partial charge in [0, 0.05) is 35.9 Å². The van der Waals surface area contributed by atoms with Gasteiger partial charge in [0.2, 0.25) is 0 Å². The smallest absolute Gasteiger partial charge is 0.416 e. The van der Waals surface area contributed by atoms with Crippen LogP contribution in [0.25, 0.3) is 10.9 Å². The van der Waals surface area contributed by atoms with Gasteiger partial charge in [0.05, 0.1) is 36.8 Å². The largest absolute Gasteiger partial charge is 1.00 e. The number of piperidine rings is 3. The van der Waals surface area contributed by atoms with Crippen molar-refractivity contribution >= 4 is 10.9 Å². The van der Waals surface area contributed by atoms with Crippen molar-refractivity contribution in [1.29, 1.82) is 0 Å². The molecule has 1 N–H and O–H groups in total. The quantitative estimate of drug-likeness (QED) is 0.255. The average Bonchev–Trinajstić information content (AvgIpc) is 2.90. The molecule has 0 amide bonds. The van der Waals surface area contributed by atoms with Gasteiger partial charge in [-0.05, 0) is 53.9 Å². The Kier molecular flexibility index (Phi) is 8.33. The van der Waals surface area contributed by atoms with Crippen LogP contribution in [0.5, 0.6) is 5.75 Å². The Bertz CT molecular complexity index is 1360. The molecule has 2 bridgehead atoms. The lowest BCUT2D eigenvalue weighted by Crippen LogP contribution is -3.00. The minimum atomic E-state index is -4.93. The number of aliphatic hydroxyl groups is 1. The van der Waals surface area contributed by atoms with Crippen molar-refractivity contribution in [3.8, 4) is 5.75 Å². The number of fused-ring (bicyclic) bond motifs is 4. The van der Waals surface area contributed by atoms with Gasteiger partial charge in [-0.2, -0.15) is 26.3 Å². The third kappa shape index (κ3) is 5.60. The molecule has 3 aliphatic rings. The maximum atomic E-state index is 13.6. The Hall–Kier alpha value is -2.63. The Labute approximate surface area is 238 Å². The van der Waals surface area contributed by atoms with E-state index in [1.54, 1.807) is 30.5 Å². The van der Waals surface area contributed by atoms with Crippen LogP contribution in [0.1, 0.15) is 41.2 Å². The third-order valence-electron chi connectivity index (χ3n) is 8.49. The molecule has 3 aromatic rings. The summed E-state index contributed by atoms with van der Waals surface area (Å²) in [6.07, 6.45) is -6.16. The Morgan fingerprint density at radius 1 is 1.07 bits per heavy atom. The molecule has 0 saturated carbocycles. The molecule has 40 heavy (non-hydrogen) atoms. The highest BCUT2D eigenvalue weighted by Crippen LogP contribution is 2.48. The number of hydrogen-bond donors (Lipinski definition) is 1. The zero-order valence-electron chi connectivity index (χ0n) is 21.6. The van der Waals surface area contributed by atoms with Gasteiger partial charge in [-0.15, -0.1) is 6.58 Å². The van der Waals surface area contributed by atoms with Crippen molar-refractivity contribution in [3.05, 3.63) is 83.6 Å². The Morgan fingerprint density at radius 2 is 1.75 bits per heavy atom. The van der Waals surface area contributed by atoms with Gasteiger partial charge in [0.15, 0.2) is 0 Å². The van der Waals surface area contributed by atoms with Crippen molar-refractivity contribution in [2.75, 3.05) is 20.2 Å². The number of ether oxygens (including phenoxy) is 1. The van der Waals surface area contributed by atoms with E-state index in [9.17, 15) is 31.4 Å². The molecule has 0 spiro atoms. The number of pyridine rings is 1. The summed E-state index contributed by atoms with van der Waals surface area (Å²) in [5.74, 6) is 0.843. The lowest BCUT2D eigenvalue weighted by atomic mass is 9.71. The van der Waals surface area contributed by atoms with Crippen LogP contribution in [0.15, 0.2) is 61.3 Å². The third-order valence-corrected chi connectivity index (χ3v) is 8.49. The van der Waals surface area contributed by atoms with E-state index in [0.29, 0.717) is 41.7 Å². The lowest BCUT2D eigenvalue weighted by molar-refractivity contribution is -0.984. The number of alkyl halides is 6. The maximum Gasteiger partial charge on any atom is 0.416 e. The van der Waals surface area contributed by atoms with Crippen LogP contribution in [0.2, 0.25) is 0 Å². The fourth-order valence-electron chi connectivity index (χ4n) is 6.59. The molecule has 4 heterocycles. The average molecular weight is 631 g/mol. The van der Waals surface area contributed by atoms with Crippen LogP contribution in [0, 0.1) is 11.8 Å². The summed E-state index contributed by atoms with van der Waals surface area (Å²) in [5.41, 5.74) is -1.47. The Morgan fingerprint density at radius 3 is 2.35 bits per heavy atom. The first-order valence-corrected chi connectivity index (χ1v) is 12.7. The van der Waals surface area contributed by atoms with E-state index >= 15 is 0 Å². The number of aromatic nitrogens is 1. The highest BCUT2D eigenvalue weighted by Gasteiger charge is 2.54. The second-order valence-corrected chi connectivity index (χ2v) is 10.7. The molecular weight excluding hydrogens is 602 g/mol. The summed E-state index contributed by atoms with van der Waals surface area (Å²) in [6, 6.07) is 8.34. The first-order valence-electron chi connectivity index (χ1n) is 12.7. The summed E-state index contributed by atoms with van der Waals surface area (Å²) < 4.78 is 87.2. The fraction of sp³-hybridized carbons (Fsp3) is 0.414. The standard InChI is InChI=1S/C29H29F6N2O2.BrH/c1-3-18-16-37(15-17-10-20(28(30,31)32)13-21(11-17)29(33,34)35)9-7-19(18)12-26(37)27(38)23-6-8-36-25-5-4-22(39-2)14-24(23)25;/h3-6,8,10-11,13-14,18-19,26-27,38H,1,7,9,12,15-16H2,2H3;1H/q+1;/p-1/t18-,19-,26-,27-,37+;/m1./s1. The molecule has 3 aliphatic heterocycles. The summed E-state index contributed by atoms with van der Waals surface area (Å²) in [4.78, 5) is 4.37. The second kappa shape index (κ2) is 11.0. The normalized spacial score (nSPS) is 25.4. The minimum Gasteiger partial charge on any atom is -1.00 e. The number of benzene rings is 2. The number of rotatable bonds is 6. The van der Waals surface area contributed by atoms with Crippen LogP contribution in [0.4, 0.5) is 26.3 Å². The number of aliphatic hydroxyl groups excluding tert-OH is 1. The van der Waals surface area contributed by atoms with Gasteiger partial charge in [-0.25, -0.2) is 0 Å². The number of nitrogens with zero attached hydrogens (tertiary/aromatic N) is 2. The molecule has 0 unspecified atom stereocenters. The summed E-state index contributed by atoms with van der Waals surface area (Å²) in [7, 11) is 1.53. The van der Waals surface area contributed by atoms with E-state index in [1.165, 1.54) is 7.11 Å². The zero-order chi connectivity index (χ0) is 28.2. The van der Waals surface area contributed by atoms with Crippen molar-refractivity contribution in [2.24, 2.45) is 11.8 Å². The Balaban J connectivity index is 0.00000370. The van der Waals surface area contributed by atoms with Crippen LogP contribution < -0.4 is 21.7 Å². The first-order chi connectivity index (χ1) is 18.3. The van der Waals surface area contributed by atoms with Crippen LogP contribution >= 0.6 is 0 Å². The van der Waals surface area contributed by atoms with Gasteiger partial charge in [-0.1, -0.05) is 6.08 Å². The summed E-state index contributed by atoms with van der Waals surface area (Å²) in [5, 5.41) is 12.5. The van der Waals surface area contributed by atoms with Crippen LogP contribution in [-0.4, -0.2) is 40.8 Å². The van der Waals surface area contributed by atoms with Crippen molar-refractivity contribution in [3.63, 3.8) is 0 Å². The summed E-state index contributed by atoms with van der Waals surface area (Å²) in [6.45, 7) is 4.86. The van der Waals surface area contributed by atoms with Crippen molar-refractivity contribution in [2.45, 2.75) is 43.9 Å². The van der Waals surface area contributed by atoms with Gasteiger partial charge >= 0.3 is 12.4 Å². The topological polar surface area (TPSA) is 42.4 Å². The number of halogens is 7. The molecule has 11 heteroatoms. The van der Waals surface area contributed by atoms with E-state index in [4.69, 9.17) is 4.74 Å². The number of methoxy groups -OCH3 is 1. The van der Waals surface area contributed by atoms with Gasteiger partial charge in [0.1, 0.15) is 24.4 Å². The molecule has 0 aliphatic carbocycles. The molecule has 1 aromatic heterocycles. The SMILES string of the molecule is C=C[C@@H]1C[N@@+]2(Cc3cc(C(F)(F)F)cc(C(F)(F)F)c3)CC[C@@H]1C[C@@H]2[C@H](O)c1ccnc2ccc(OC)cc12.[Br-]. The van der Waals surface area contributed by atoms with Gasteiger partial charge in [-0.3, -0.25) is 4.98 Å². The molecule has 216 valence electrons. The molecule has 0 radical (unpaired) electrons. The van der Waals surface area contributed by atoms with Crippen LogP contribution in [-0.2, 0) is 18.9 Å². The van der Waals surface area contributed by atoms with Gasteiger partial charge in [0.25, 0.3) is 0 Å². The van der Waals surface area contributed by atoms with E-state index in [0.717, 1.165) is 18.6 Å². The molecular formula is C29H29BrF6N2O2. The predicted octanol–water partition coefficient (Wildman–Crippen LogP) is 3.93. The van der Waals surface area contributed by atoms with E-state index in [2.05, 4.69) is 11.6 Å². The molecule has 3 fully saturated rings. The highest BCUT2D eigenvalue weighted by molar-refractivity contribution is 5.83. The molecule has 2 aromatic carbocycles. The zero-order valence-corrected chi connectivity index (χ0v) is 23.2. The molecule has 5 atom stereocenters. The highest BCUT2D eigenvalue weighted by atomic mass is 79.9. The monoisotopic (exact) mass is 630 g/mol. The second-order valence-electron chi connectivity index (χ2n) is 10.7. The number of hydrogen-bond acceptors (Lipinski definition) is 3. The molecule has 3 saturated heterocycles. The van der Waals surface area contributed by atoms with Crippen molar-refractivity contribution < 1.29 is 57.7 Å².